The van der Waals surface area contributed by atoms with E-state index in [1.54, 1.807) is 18.2 Å². The van der Waals surface area contributed by atoms with E-state index < -0.39 is 24.2 Å². The van der Waals surface area contributed by atoms with Crippen LogP contribution in [0.4, 0.5) is 17.1 Å². The molecule has 0 fully saturated rings. The molecular formula is C52H37N. The summed E-state index contributed by atoms with van der Waals surface area (Å²) < 4.78 is 76.5. The molecule has 0 radical (unpaired) electrons. The normalized spacial score (nSPS) is 13.1. The topological polar surface area (TPSA) is 3.24 Å². The number of anilines is 3. The summed E-state index contributed by atoms with van der Waals surface area (Å²) in [4.78, 5) is 1.35. The minimum Gasteiger partial charge on any atom is -0.311 e. The SMILES string of the molecule is [2H]c1c([2H])c(N(c2ccc(-c3ccccc3)cc2)c2c([2H])c([2H])c(-c3c(-c4ccccc4)ccc4ccccc34)c([2H])c2[2H])c([2H])c([2H])c1-c1cccc(-c2ccccc2)c1. The van der Waals surface area contributed by atoms with Gasteiger partial charge in [0.05, 0.1) is 11.0 Å². The first-order valence-corrected chi connectivity index (χ1v) is 17.5. The van der Waals surface area contributed by atoms with Crippen molar-refractivity contribution in [3.8, 4) is 55.6 Å². The summed E-state index contributed by atoms with van der Waals surface area (Å²) in [5.41, 5.74) is 6.41. The van der Waals surface area contributed by atoms with E-state index in [0.29, 0.717) is 16.8 Å². The predicted molar refractivity (Wildman–Crippen MR) is 226 cm³/mol. The van der Waals surface area contributed by atoms with Gasteiger partial charge < -0.3 is 4.90 Å². The number of fused-ring (bicyclic) bond motifs is 1. The Morgan fingerprint density at radius 2 is 0.774 bits per heavy atom. The molecule has 0 aliphatic heterocycles. The third-order valence-electron chi connectivity index (χ3n) is 9.43. The fraction of sp³-hybridized carbons (Fsp3) is 0. The van der Waals surface area contributed by atoms with Gasteiger partial charge in [-0.1, -0.05) is 182 Å². The summed E-state index contributed by atoms with van der Waals surface area (Å²) in [5.74, 6) is 0. The average Bonchev–Trinajstić information content (AvgIpc) is 3.31. The third kappa shape index (κ3) is 6.53. The Kier molecular flexibility index (Phi) is 6.57. The maximum absolute atomic E-state index is 9.69. The largest absolute Gasteiger partial charge is 0.311 e. The molecule has 0 spiro atoms. The molecule has 9 rings (SSSR count). The summed E-state index contributed by atoms with van der Waals surface area (Å²) in [5, 5.41) is 1.63. The van der Waals surface area contributed by atoms with Crippen molar-refractivity contribution in [3.63, 3.8) is 0 Å². The van der Waals surface area contributed by atoms with Crippen LogP contribution in [0.25, 0.3) is 66.4 Å². The van der Waals surface area contributed by atoms with Crippen molar-refractivity contribution in [1.82, 2.24) is 0 Å². The molecule has 0 saturated carbocycles. The van der Waals surface area contributed by atoms with Crippen LogP contribution in [-0.2, 0) is 0 Å². The maximum Gasteiger partial charge on any atom is 0.0645 e. The van der Waals surface area contributed by atoms with Crippen molar-refractivity contribution in [2.24, 2.45) is 0 Å². The van der Waals surface area contributed by atoms with Gasteiger partial charge in [0.2, 0.25) is 0 Å². The first-order valence-electron chi connectivity index (χ1n) is 21.5. The molecule has 0 atom stereocenters. The van der Waals surface area contributed by atoms with Crippen molar-refractivity contribution in [2.45, 2.75) is 0 Å². The van der Waals surface area contributed by atoms with E-state index in [2.05, 4.69) is 0 Å². The highest BCUT2D eigenvalue weighted by molar-refractivity contribution is 6.04. The van der Waals surface area contributed by atoms with Crippen LogP contribution in [0.3, 0.4) is 0 Å². The van der Waals surface area contributed by atoms with Crippen LogP contribution in [0, 0.1) is 0 Å². The number of hydrogen-bond acceptors (Lipinski definition) is 1. The fourth-order valence-corrected chi connectivity index (χ4v) is 6.79. The van der Waals surface area contributed by atoms with Crippen LogP contribution >= 0.6 is 0 Å². The molecule has 0 unspecified atom stereocenters. The highest BCUT2D eigenvalue weighted by atomic mass is 15.1. The molecule has 0 N–H and O–H groups in total. The van der Waals surface area contributed by atoms with Crippen molar-refractivity contribution in [2.75, 3.05) is 4.90 Å². The van der Waals surface area contributed by atoms with Crippen LogP contribution in [0.15, 0.2) is 224 Å². The van der Waals surface area contributed by atoms with E-state index >= 15 is 0 Å². The molecule has 250 valence electrons. The van der Waals surface area contributed by atoms with Gasteiger partial charge in [-0.15, -0.1) is 0 Å². The van der Waals surface area contributed by atoms with E-state index in [9.17, 15) is 11.0 Å². The second-order valence-corrected chi connectivity index (χ2v) is 12.7. The van der Waals surface area contributed by atoms with Gasteiger partial charge in [-0.2, -0.15) is 0 Å². The molecule has 0 aromatic heterocycles. The first-order chi connectivity index (χ1) is 29.6. The minimum atomic E-state index is -0.397. The molecule has 0 amide bonds. The fourth-order valence-electron chi connectivity index (χ4n) is 6.79. The lowest BCUT2D eigenvalue weighted by Gasteiger charge is -2.26. The quantitative estimate of drug-likeness (QED) is 0.154. The lowest BCUT2D eigenvalue weighted by atomic mass is 9.89. The molecule has 0 saturated heterocycles. The van der Waals surface area contributed by atoms with Crippen molar-refractivity contribution in [3.05, 3.63) is 224 Å². The molecule has 1 heteroatoms. The zero-order chi connectivity index (χ0) is 42.4. The van der Waals surface area contributed by atoms with Gasteiger partial charge in [0.1, 0.15) is 0 Å². The Labute approximate surface area is 323 Å². The molecule has 9 aromatic rings. The Bertz CT molecular complexity index is 3040. The summed E-state index contributed by atoms with van der Waals surface area (Å²) in [6.07, 6.45) is 0. The molecule has 53 heavy (non-hydrogen) atoms. The Morgan fingerprint density at radius 1 is 0.302 bits per heavy atom. The molecular weight excluding hydrogens is 639 g/mol. The van der Waals surface area contributed by atoms with Crippen LogP contribution in [0.5, 0.6) is 0 Å². The van der Waals surface area contributed by atoms with Gasteiger partial charge in [0, 0.05) is 17.1 Å². The summed E-state index contributed by atoms with van der Waals surface area (Å²) >= 11 is 0. The molecule has 0 heterocycles. The van der Waals surface area contributed by atoms with E-state index in [1.165, 1.54) is 4.90 Å². The smallest absolute Gasteiger partial charge is 0.0645 e. The van der Waals surface area contributed by atoms with E-state index in [4.69, 9.17) is 0 Å². The van der Waals surface area contributed by atoms with Gasteiger partial charge in [0.25, 0.3) is 0 Å². The van der Waals surface area contributed by atoms with Crippen LogP contribution in [0.1, 0.15) is 11.0 Å². The lowest BCUT2D eigenvalue weighted by molar-refractivity contribution is 1.28. The van der Waals surface area contributed by atoms with Crippen molar-refractivity contribution < 1.29 is 11.0 Å². The second kappa shape index (κ2) is 14.3. The Hall–Kier alpha value is -6.96. The highest BCUT2D eigenvalue weighted by Crippen LogP contribution is 2.41. The Morgan fingerprint density at radius 3 is 1.40 bits per heavy atom. The van der Waals surface area contributed by atoms with E-state index in [-0.39, 0.29) is 46.7 Å². The molecule has 0 aliphatic rings. The van der Waals surface area contributed by atoms with Crippen LogP contribution in [0.2, 0.25) is 0 Å². The van der Waals surface area contributed by atoms with Crippen molar-refractivity contribution in [1.29, 1.82) is 0 Å². The Balaban J connectivity index is 1.29. The second-order valence-electron chi connectivity index (χ2n) is 12.7. The van der Waals surface area contributed by atoms with Crippen LogP contribution in [-0.4, -0.2) is 0 Å². The summed E-state index contributed by atoms with van der Waals surface area (Å²) in [6, 6.07) is 52.4. The van der Waals surface area contributed by atoms with Gasteiger partial charge in [-0.05, 0) is 109 Å². The standard InChI is InChI=1S/C52H37N/c1-4-13-38(14-5-1)40-23-30-47(31-24-40)53(48-32-25-41(26-33-48)46-21-12-20-45(37-46)39-15-6-2-7-16-39)49-34-27-44(28-35-49)52-50-22-11-10-19-43(50)29-36-51(52)42-17-8-3-9-18-42/h1-37H/i25D,26D,27D,28D,32D,33D,34D,35D. The number of nitrogens with zero attached hydrogens (tertiary/aromatic N) is 1. The maximum atomic E-state index is 9.69. The number of rotatable bonds is 8. The van der Waals surface area contributed by atoms with E-state index in [0.717, 1.165) is 44.2 Å². The van der Waals surface area contributed by atoms with Gasteiger partial charge in [-0.3, -0.25) is 0 Å². The summed E-state index contributed by atoms with van der Waals surface area (Å²) in [7, 11) is 0. The highest BCUT2D eigenvalue weighted by Gasteiger charge is 2.16. The summed E-state index contributed by atoms with van der Waals surface area (Å²) in [6.45, 7) is 0. The minimum absolute atomic E-state index is 0.107. The van der Waals surface area contributed by atoms with Gasteiger partial charge in [0.15, 0.2) is 0 Å². The molecule has 0 bridgehead atoms. The monoisotopic (exact) mass is 683 g/mol. The third-order valence-corrected chi connectivity index (χ3v) is 9.43. The average molecular weight is 684 g/mol. The predicted octanol–water partition coefficient (Wildman–Crippen LogP) is 14.6. The molecule has 0 aliphatic carbocycles. The number of benzene rings is 9. The van der Waals surface area contributed by atoms with E-state index in [1.807, 2.05) is 158 Å². The zero-order valence-corrected chi connectivity index (χ0v) is 28.7. The number of hydrogen-bond donors (Lipinski definition) is 0. The lowest BCUT2D eigenvalue weighted by Crippen LogP contribution is -2.09. The van der Waals surface area contributed by atoms with Crippen LogP contribution < -0.4 is 4.90 Å². The molecule has 9 aromatic carbocycles. The van der Waals surface area contributed by atoms with Crippen molar-refractivity contribution >= 4 is 27.8 Å². The molecule has 1 nitrogen and oxygen atoms in total. The first kappa shape index (κ1) is 24.3. The van der Waals surface area contributed by atoms with Gasteiger partial charge in [-0.25, -0.2) is 0 Å². The van der Waals surface area contributed by atoms with Gasteiger partial charge >= 0.3 is 0 Å². The zero-order valence-electron chi connectivity index (χ0n) is 36.7.